The smallest absolute Gasteiger partial charge is 0.142 e. The number of halogens is 1. The molecule has 2 aromatic rings. The van der Waals surface area contributed by atoms with Crippen molar-refractivity contribution < 1.29 is 0 Å². The molecule has 0 saturated carbocycles. The first-order valence-electron chi connectivity index (χ1n) is 4.67. The summed E-state index contributed by atoms with van der Waals surface area (Å²) in [6.07, 6.45) is 1.68. The Bertz CT molecular complexity index is 497. The molecule has 0 amide bonds. The molecule has 2 N–H and O–H groups in total. The van der Waals surface area contributed by atoms with Crippen molar-refractivity contribution in [3.63, 3.8) is 0 Å². The normalized spacial score (nSPS) is 10.6. The molecule has 16 heavy (non-hydrogen) atoms. The first kappa shape index (κ1) is 11.3. The summed E-state index contributed by atoms with van der Waals surface area (Å²) in [6, 6.07) is 5.50. The van der Waals surface area contributed by atoms with Gasteiger partial charge in [-0.15, -0.1) is 22.0 Å². The van der Waals surface area contributed by atoms with Gasteiger partial charge in [-0.25, -0.2) is 0 Å². The van der Waals surface area contributed by atoms with E-state index in [-0.39, 0.29) is 0 Å². The summed E-state index contributed by atoms with van der Waals surface area (Å²) in [5, 5.41) is 8.49. The fourth-order valence-corrected chi connectivity index (χ4v) is 2.47. The molecular weight excluding hydrogens is 244 g/mol. The molecule has 0 aliphatic rings. The minimum atomic E-state index is 0.673. The van der Waals surface area contributed by atoms with Crippen molar-refractivity contribution in [2.45, 2.75) is 10.6 Å². The number of nitrogens with two attached hydrogens (primary N) is 1. The Hall–Kier alpha value is -1.20. The minimum Gasteiger partial charge on any atom is -0.399 e. The lowest BCUT2D eigenvalue weighted by Crippen LogP contribution is -1.94. The Morgan fingerprint density at radius 2 is 2.31 bits per heavy atom. The van der Waals surface area contributed by atoms with E-state index >= 15 is 0 Å². The second-order valence-corrected chi connectivity index (χ2v) is 4.76. The summed E-state index contributed by atoms with van der Waals surface area (Å²) in [6.45, 7) is 0. The summed E-state index contributed by atoms with van der Waals surface area (Å²) < 4.78 is 1.89. The van der Waals surface area contributed by atoms with E-state index in [1.54, 1.807) is 24.2 Å². The number of nitrogen functional groups attached to an aromatic ring is 1. The fraction of sp³-hybridized carbons (Fsp3) is 0.200. The molecule has 1 aromatic carbocycles. The van der Waals surface area contributed by atoms with Gasteiger partial charge >= 0.3 is 0 Å². The standard InChI is InChI=1S/C10H11ClN4S/c1-15-6-13-14-10(15)5-16-9-3-2-7(12)4-8(9)11/h2-4,6H,5,12H2,1H3. The molecule has 0 saturated heterocycles. The van der Waals surface area contributed by atoms with Crippen molar-refractivity contribution in [2.75, 3.05) is 5.73 Å². The quantitative estimate of drug-likeness (QED) is 0.675. The van der Waals surface area contributed by atoms with Gasteiger partial charge in [0.25, 0.3) is 0 Å². The second-order valence-electron chi connectivity index (χ2n) is 3.34. The van der Waals surface area contributed by atoms with Crippen molar-refractivity contribution in [1.29, 1.82) is 0 Å². The van der Waals surface area contributed by atoms with Crippen molar-refractivity contribution >= 4 is 29.1 Å². The molecule has 2 rings (SSSR count). The molecular formula is C10H11ClN4S. The third-order valence-corrected chi connectivity index (χ3v) is 3.61. The molecule has 0 spiro atoms. The molecule has 0 radical (unpaired) electrons. The molecule has 4 nitrogen and oxygen atoms in total. The van der Waals surface area contributed by atoms with Gasteiger partial charge in [0.15, 0.2) is 0 Å². The van der Waals surface area contributed by atoms with E-state index in [0.29, 0.717) is 10.7 Å². The van der Waals surface area contributed by atoms with Crippen LogP contribution in [-0.4, -0.2) is 14.8 Å². The van der Waals surface area contributed by atoms with Crippen LogP contribution in [0.3, 0.4) is 0 Å². The third-order valence-electron chi connectivity index (χ3n) is 2.12. The van der Waals surface area contributed by atoms with Crippen molar-refractivity contribution in [1.82, 2.24) is 14.8 Å². The number of nitrogens with zero attached hydrogens (tertiary/aromatic N) is 3. The minimum absolute atomic E-state index is 0.673. The Labute approximate surface area is 103 Å². The van der Waals surface area contributed by atoms with Crippen molar-refractivity contribution in [3.8, 4) is 0 Å². The predicted octanol–water partition coefficient (Wildman–Crippen LogP) is 2.34. The largest absolute Gasteiger partial charge is 0.399 e. The van der Waals surface area contributed by atoms with Gasteiger partial charge in [-0.1, -0.05) is 11.6 Å². The number of aromatic nitrogens is 3. The molecule has 1 heterocycles. The summed E-state index contributed by atoms with van der Waals surface area (Å²) in [5.41, 5.74) is 6.30. The molecule has 0 aliphatic heterocycles. The zero-order chi connectivity index (χ0) is 11.5. The Kier molecular flexibility index (Phi) is 3.36. The van der Waals surface area contributed by atoms with Crippen LogP contribution in [0.5, 0.6) is 0 Å². The average molecular weight is 255 g/mol. The Morgan fingerprint density at radius 1 is 1.50 bits per heavy atom. The van der Waals surface area contributed by atoms with Crippen LogP contribution in [-0.2, 0) is 12.8 Å². The van der Waals surface area contributed by atoms with Crippen LogP contribution in [0.15, 0.2) is 29.4 Å². The van der Waals surface area contributed by atoms with Crippen LogP contribution in [0.1, 0.15) is 5.82 Å². The first-order valence-corrected chi connectivity index (χ1v) is 6.04. The molecule has 1 aromatic heterocycles. The van der Waals surface area contributed by atoms with E-state index < -0.39 is 0 Å². The lowest BCUT2D eigenvalue weighted by molar-refractivity contribution is 0.849. The number of anilines is 1. The lowest BCUT2D eigenvalue weighted by Gasteiger charge is -2.04. The molecule has 0 aliphatic carbocycles. The SMILES string of the molecule is Cn1cnnc1CSc1ccc(N)cc1Cl. The Balaban J connectivity index is 2.08. The molecule has 0 atom stereocenters. The second kappa shape index (κ2) is 4.76. The van der Waals surface area contributed by atoms with E-state index in [0.717, 1.165) is 16.5 Å². The monoisotopic (exact) mass is 254 g/mol. The van der Waals surface area contributed by atoms with E-state index in [1.165, 1.54) is 0 Å². The molecule has 0 unspecified atom stereocenters. The van der Waals surface area contributed by atoms with Crippen LogP contribution >= 0.6 is 23.4 Å². The van der Waals surface area contributed by atoms with Crippen molar-refractivity contribution in [2.24, 2.45) is 7.05 Å². The number of rotatable bonds is 3. The lowest BCUT2D eigenvalue weighted by atomic mass is 10.3. The summed E-state index contributed by atoms with van der Waals surface area (Å²) in [5.74, 6) is 1.65. The summed E-state index contributed by atoms with van der Waals surface area (Å²) >= 11 is 7.68. The van der Waals surface area contributed by atoms with Crippen LogP contribution in [0.25, 0.3) is 0 Å². The number of thioether (sulfide) groups is 1. The summed E-state index contributed by atoms with van der Waals surface area (Å²) in [4.78, 5) is 0.999. The van der Waals surface area contributed by atoms with E-state index in [2.05, 4.69) is 10.2 Å². The highest BCUT2D eigenvalue weighted by Gasteiger charge is 2.05. The van der Waals surface area contributed by atoms with Crippen molar-refractivity contribution in [3.05, 3.63) is 35.4 Å². The zero-order valence-corrected chi connectivity index (χ0v) is 10.3. The highest BCUT2D eigenvalue weighted by molar-refractivity contribution is 7.98. The maximum absolute atomic E-state index is 6.07. The number of benzene rings is 1. The highest BCUT2D eigenvalue weighted by atomic mass is 35.5. The van der Waals surface area contributed by atoms with Gasteiger partial charge in [-0.2, -0.15) is 0 Å². The van der Waals surface area contributed by atoms with Crippen LogP contribution < -0.4 is 5.73 Å². The van der Waals surface area contributed by atoms with Gasteiger partial charge < -0.3 is 10.3 Å². The topological polar surface area (TPSA) is 56.7 Å². The molecule has 84 valence electrons. The summed E-state index contributed by atoms with van der Waals surface area (Å²) in [7, 11) is 1.92. The van der Waals surface area contributed by atoms with Gasteiger partial charge in [-0.3, -0.25) is 0 Å². The highest BCUT2D eigenvalue weighted by Crippen LogP contribution is 2.30. The fourth-order valence-electron chi connectivity index (χ4n) is 1.21. The van der Waals surface area contributed by atoms with E-state index in [4.69, 9.17) is 17.3 Å². The molecule has 0 fully saturated rings. The first-order chi connectivity index (χ1) is 7.66. The van der Waals surface area contributed by atoms with Gasteiger partial charge in [0.2, 0.25) is 0 Å². The van der Waals surface area contributed by atoms with Gasteiger partial charge in [0.05, 0.1) is 10.8 Å². The maximum atomic E-state index is 6.07. The van der Waals surface area contributed by atoms with Crippen LogP contribution in [0, 0.1) is 0 Å². The number of hydrogen-bond acceptors (Lipinski definition) is 4. The van der Waals surface area contributed by atoms with E-state index in [1.807, 2.05) is 23.7 Å². The molecule has 0 bridgehead atoms. The zero-order valence-electron chi connectivity index (χ0n) is 8.72. The third kappa shape index (κ3) is 2.48. The van der Waals surface area contributed by atoms with Crippen LogP contribution in [0.4, 0.5) is 5.69 Å². The van der Waals surface area contributed by atoms with Gasteiger partial charge in [-0.05, 0) is 18.2 Å². The maximum Gasteiger partial charge on any atom is 0.142 e. The van der Waals surface area contributed by atoms with Gasteiger partial charge in [0, 0.05) is 17.6 Å². The number of aryl methyl sites for hydroxylation is 1. The number of hydrogen-bond donors (Lipinski definition) is 1. The Morgan fingerprint density at radius 3 is 2.94 bits per heavy atom. The van der Waals surface area contributed by atoms with Gasteiger partial charge in [0.1, 0.15) is 12.2 Å². The average Bonchev–Trinajstić information content (AvgIpc) is 2.63. The van der Waals surface area contributed by atoms with Crippen LogP contribution in [0.2, 0.25) is 5.02 Å². The molecule has 6 heteroatoms. The predicted molar refractivity (Wildman–Crippen MR) is 66.4 cm³/mol. The van der Waals surface area contributed by atoms with E-state index in [9.17, 15) is 0 Å².